The molecule has 64 heavy (non-hydrogen) atoms. The summed E-state index contributed by atoms with van der Waals surface area (Å²) in [7, 11) is -8.82. The summed E-state index contributed by atoms with van der Waals surface area (Å²) in [5.74, 6) is -0.849. The molecule has 0 spiro atoms. The number of fused-ring (bicyclic) bond motifs is 2. The van der Waals surface area contributed by atoms with E-state index in [4.69, 9.17) is 4.18 Å². The third-order valence-corrected chi connectivity index (χ3v) is 12.4. The molecular weight excluding hydrogens is 853 g/mol. The number of anilines is 4. The van der Waals surface area contributed by atoms with Crippen LogP contribution < -0.4 is 25.5 Å². The van der Waals surface area contributed by atoms with Gasteiger partial charge in [-0.05, 0) is 132 Å². The van der Waals surface area contributed by atoms with Crippen molar-refractivity contribution < 1.29 is 40.0 Å². The third kappa shape index (κ3) is 9.77. The minimum Gasteiger partial charge on any atom is -0.379 e. The Kier molecular flexibility index (Phi) is 11.7. The lowest BCUT2D eigenvalue weighted by Crippen LogP contribution is -2.19. The van der Waals surface area contributed by atoms with E-state index in [1.807, 2.05) is 13.8 Å². The van der Waals surface area contributed by atoms with E-state index in [1.165, 1.54) is 30.3 Å². The zero-order valence-corrected chi connectivity index (χ0v) is 35.8. The van der Waals surface area contributed by atoms with Gasteiger partial charge in [-0.3, -0.25) is 14.1 Å². The molecule has 5 N–H and O–H groups in total. The van der Waals surface area contributed by atoms with E-state index in [1.54, 1.807) is 133 Å². The van der Waals surface area contributed by atoms with Gasteiger partial charge in [0.2, 0.25) is 0 Å². The molecular formula is C49H38N4O9S2. The number of hydrogen-bond donors (Lipinski definition) is 5. The zero-order valence-electron chi connectivity index (χ0n) is 34.1. The van der Waals surface area contributed by atoms with Crippen molar-refractivity contribution >= 4 is 82.4 Å². The first-order valence-electron chi connectivity index (χ1n) is 19.7. The Bertz CT molecular complexity index is 3380. The Balaban J connectivity index is 0.941. The van der Waals surface area contributed by atoms with Crippen LogP contribution in [0.3, 0.4) is 0 Å². The lowest BCUT2D eigenvalue weighted by molar-refractivity contribution is 0.101. The molecule has 0 aromatic heterocycles. The SMILES string of the molecule is Cc1ccc(OS(=O)(=O)c2cccc(NC(=O)c3ccc4ccc(NC(=O)Nc5ccc6ccc(C(=O)Nc7cccc(S(=O)(=O)O)c7-c7ccc(C)cc7)cc6c5)cc4c3)c2)cc1. The lowest BCUT2D eigenvalue weighted by Gasteiger charge is -2.15. The van der Waals surface area contributed by atoms with Crippen LogP contribution in [0.15, 0.2) is 174 Å². The maximum atomic E-state index is 13.6. The van der Waals surface area contributed by atoms with E-state index >= 15 is 0 Å². The van der Waals surface area contributed by atoms with Crippen molar-refractivity contribution in [3.8, 4) is 16.9 Å². The number of benzene rings is 8. The Labute approximate surface area is 368 Å². The van der Waals surface area contributed by atoms with Crippen molar-refractivity contribution in [3.63, 3.8) is 0 Å². The van der Waals surface area contributed by atoms with Gasteiger partial charge >= 0.3 is 16.1 Å². The number of rotatable bonds is 11. The average molecular weight is 891 g/mol. The zero-order chi connectivity index (χ0) is 45.2. The summed E-state index contributed by atoms with van der Waals surface area (Å²) in [6.45, 7) is 3.76. The first-order valence-corrected chi connectivity index (χ1v) is 22.5. The fourth-order valence-electron chi connectivity index (χ4n) is 6.99. The predicted octanol–water partition coefficient (Wildman–Crippen LogP) is 10.4. The summed E-state index contributed by atoms with van der Waals surface area (Å²) >= 11 is 0. The third-order valence-electron chi connectivity index (χ3n) is 10.2. The Morgan fingerprint density at radius 2 is 1.02 bits per heavy atom. The molecule has 320 valence electrons. The molecule has 0 aliphatic rings. The van der Waals surface area contributed by atoms with Crippen LogP contribution in [0.25, 0.3) is 32.7 Å². The van der Waals surface area contributed by atoms with Crippen LogP contribution in [-0.2, 0) is 20.2 Å². The van der Waals surface area contributed by atoms with Gasteiger partial charge in [-0.1, -0.05) is 83.9 Å². The number of carbonyl (C=O) groups is 3. The molecule has 8 aromatic carbocycles. The Morgan fingerprint density at radius 3 is 1.59 bits per heavy atom. The highest BCUT2D eigenvalue weighted by Crippen LogP contribution is 2.35. The van der Waals surface area contributed by atoms with Gasteiger partial charge in [0.1, 0.15) is 15.5 Å². The second kappa shape index (κ2) is 17.5. The van der Waals surface area contributed by atoms with Crippen LogP contribution in [0.2, 0.25) is 0 Å². The number of hydrogen-bond acceptors (Lipinski definition) is 8. The van der Waals surface area contributed by atoms with E-state index < -0.39 is 38.1 Å². The second-order valence-electron chi connectivity index (χ2n) is 14.9. The largest absolute Gasteiger partial charge is 0.379 e. The molecule has 4 amide bonds. The van der Waals surface area contributed by atoms with Crippen LogP contribution in [-0.4, -0.2) is 39.2 Å². The molecule has 0 unspecified atom stereocenters. The molecule has 0 heterocycles. The van der Waals surface area contributed by atoms with Gasteiger partial charge in [-0.2, -0.15) is 16.8 Å². The minimum atomic E-state index is -4.64. The van der Waals surface area contributed by atoms with Gasteiger partial charge in [0.25, 0.3) is 21.9 Å². The highest BCUT2D eigenvalue weighted by atomic mass is 32.2. The smallest absolute Gasteiger partial charge is 0.339 e. The van der Waals surface area contributed by atoms with E-state index in [-0.39, 0.29) is 38.0 Å². The predicted molar refractivity (Wildman–Crippen MR) is 248 cm³/mol. The van der Waals surface area contributed by atoms with E-state index in [9.17, 15) is 35.8 Å². The van der Waals surface area contributed by atoms with Gasteiger partial charge < -0.3 is 25.5 Å². The summed E-state index contributed by atoms with van der Waals surface area (Å²) in [5.41, 5.74) is 4.38. The molecule has 0 fully saturated rings. The molecule has 8 rings (SSSR count). The molecule has 8 aromatic rings. The first-order chi connectivity index (χ1) is 30.6. The Hall–Kier alpha value is -7.85. The standard InChI is InChI=1S/C49H38N4O9S2/c1-30-9-13-34(14-10-30)46-44(7-4-8-45(46)63(57,58)59)53-48(55)36-18-16-33-20-22-41(28-38(33)26-36)52-49(56)51-40-21-19-32-15-17-35(25-37(32)27-40)47(54)50-39-5-3-6-43(29-39)64(60,61)62-42-23-11-31(2)12-24-42/h3-29H,1-2H3,(H,50,54)(H,53,55)(H2,51,52,56)(H,57,58,59). The minimum absolute atomic E-state index is 0.132. The van der Waals surface area contributed by atoms with E-state index in [2.05, 4.69) is 21.3 Å². The fourth-order valence-corrected chi connectivity index (χ4v) is 8.70. The molecule has 15 heteroatoms. The summed E-state index contributed by atoms with van der Waals surface area (Å²) < 4.78 is 65.9. The van der Waals surface area contributed by atoms with Gasteiger partial charge in [0.05, 0.1) is 5.69 Å². The fraction of sp³-hybridized carbons (Fsp3) is 0.0408. The monoisotopic (exact) mass is 890 g/mol. The quantitative estimate of drug-likeness (QED) is 0.0620. The maximum absolute atomic E-state index is 13.6. The van der Waals surface area contributed by atoms with Crippen molar-refractivity contribution in [1.82, 2.24) is 0 Å². The normalized spacial score (nSPS) is 11.5. The molecule has 0 radical (unpaired) electrons. The number of nitrogens with one attached hydrogen (secondary N) is 4. The average Bonchev–Trinajstić information content (AvgIpc) is 3.26. The highest BCUT2D eigenvalue weighted by molar-refractivity contribution is 7.87. The molecule has 0 saturated carbocycles. The Morgan fingerprint density at radius 1 is 0.500 bits per heavy atom. The van der Waals surface area contributed by atoms with Crippen molar-refractivity contribution in [1.29, 1.82) is 0 Å². The van der Waals surface area contributed by atoms with E-state index in [0.717, 1.165) is 21.9 Å². The van der Waals surface area contributed by atoms with Gasteiger partial charge in [0, 0.05) is 33.8 Å². The number of aryl methyl sites for hydroxylation is 2. The van der Waals surface area contributed by atoms with Crippen LogP contribution in [0.5, 0.6) is 5.75 Å². The van der Waals surface area contributed by atoms with Crippen molar-refractivity contribution in [3.05, 3.63) is 186 Å². The van der Waals surface area contributed by atoms with Gasteiger partial charge in [-0.15, -0.1) is 0 Å². The lowest BCUT2D eigenvalue weighted by atomic mass is 10.0. The van der Waals surface area contributed by atoms with Crippen LogP contribution in [0.1, 0.15) is 31.8 Å². The molecule has 0 saturated heterocycles. The van der Waals surface area contributed by atoms with Crippen molar-refractivity contribution in [2.45, 2.75) is 23.6 Å². The van der Waals surface area contributed by atoms with Crippen LogP contribution in [0.4, 0.5) is 27.5 Å². The van der Waals surface area contributed by atoms with Crippen LogP contribution in [0, 0.1) is 13.8 Å². The van der Waals surface area contributed by atoms with Crippen molar-refractivity contribution in [2.75, 3.05) is 21.3 Å². The molecule has 0 atom stereocenters. The maximum Gasteiger partial charge on any atom is 0.339 e. The van der Waals surface area contributed by atoms with Gasteiger partial charge in [-0.25, -0.2) is 4.79 Å². The number of urea groups is 1. The number of carbonyl (C=O) groups excluding carboxylic acids is 3. The summed E-state index contributed by atoms with van der Waals surface area (Å²) in [5, 5.41) is 14.0. The molecule has 0 aliphatic carbocycles. The second-order valence-corrected chi connectivity index (χ2v) is 17.9. The molecule has 0 aliphatic heterocycles. The van der Waals surface area contributed by atoms with Crippen molar-refractivity contribution in [2.24, 2.45) is 0 Å². The highest BCUT2D eigenvalue weighted by Gasteiger charge is 2.22. The molecule has 0 bridgehead atoms. The molecule has 13 nitrogen and oxygen atoms in total. The summed E-state index contributed by atoms with van der Waals surface area (Å²) in [6, 6.07) is 43.5. The van der Waals surface area contributed by atoms with Gasteiger partial charge in [0.15, 0.2) is 0 Å². The van der Waals surface area contributed by atoms with E-state index in [0.29, 0.717) is 33.3 Å². The van der Waals surface area contributed by atoms with Crippen LogP contribution >= 0.6 is 0 Å². The topological polar surface area (TPSA) is 197 Å². The summed E-state index contributed by atoms with van der Waals surface area (Å²) in [6.07, 6.45) is 0. The number of amides is 4. The summed E-state index contributed by atoms with van der Waals surface area (Å²) in [4.78, 5) is 39.7. The first kappa shape index (κ1) is 42.8.